The van der Waals surface area contributed by atoms with Crippen LogP contribution in [0.1, 0.15) is 0 Å². The summed E-state index contributed by atoms with van der Waals surface area (Å²) in [6.07, 6.45) is 1.73. The first-order valence-corrected chi connectivity index (χ1v) is 10.1. The predicted molar refractivity (Wildman–Crippen MR) is 112 cm³/mol. The molecule has 0 atom stereocenters. The summed E-state index contributed by atoms with van der Waals surface area (Å²) in [5, 5.41) is 8.63. The van der Waals surface area contributed by atoms with Crippen LogP contribution in [0, 0.1) is 0 Å². The molecule has 2 aliphatic rings. The second kappa shape index (κ2) is 8.47. The minimum Gasteiger partial charge on any atom is -0.484 e. The van der Waals surface area contributed by atoms with Gasteiger partial charge in [-0.05, 0) is 36.4 Å². The normalized spacial score (nSPS) is 15.1. The monoisotopic (exact) mass is 419 g/mol. The van der Waals surface area contributed by atoms with Gasteiger partial charge in [-0.3, -0.25) is 9.78 Å². The molecule has 2 aliphatic heterocycles. The summed E-state index contributed by atoms with van der Waals surface area (Å²) in [5.41, 5.74) is 1.53. The van der Waals surface area contributed by atoms with E-state index >= 15 is 0 Å². The third kappa shape index (κ3) is 4.20. The lowest BCUT2D eigenvalue weighted by Crippen LogP contribution is -2.50. The van der Waals surface area contributed by atoms with Gasteiger partial charge in [0.15, 0.2) is 23.9 Å². The zero-order chi connectivity index (χ0) is 21.0. The van der Waals surface area contributed by atoms with E-state index < -0.39 is 0 Å². The number of rotatable bonds is 5. The fraction of sp³-hybridized carbons (Fsp3) is 0.273. The zero-order valence-electron chi connectivity index (χ0n) is 16.8. The maximum absolute atomic E-state index is 12.5. The van der Waals surface area contributed by atoms with E-state index in [9.17, 15) is 4.79 Å². The Labute approximate surface area is 179 Å². The Morgan fingerprint density at radius 1 is 0.935 bits per heavy atom. The molecule has 1 amide bonds. The predicted octanol–water partition coefficient (Wildman–Crippen LogP) is 1.99. The van der Waals surface area contributed by atoms with Crippen molar-refractivity contribution in [2.75, 3.05) is 44.5 Å². The number of nitrogens with zero attached hydrogens (tertiary/aromatic N) is 5. The Balaban J connectivity index is 1.13. The molecular weight excluding hydrogens is 398 g/mol. The zero-order valence-corrected chi connectivity index (χ0v) is 16.8. The Bertz CT molecular complexity index is 1050. The molecule has 1 aromatic carbocycles. The van der Waals surface area contributed by atoms with Crippen LogP contribution in [0.15, 0.2) is 54.7 Å². The Morgan fingerprint density at radius 3 is 2.58 bits per heavy atom. The van der Waals surface area contributed by atoms with Crippen LogP contribution in [0.5, 0.6) is 17.2 Å². The number of pyridine rings is 1. The van der Waals surface area contributed by atoms with Gasteiger partial charge in [0.1, 0.15) is 11.4 Å². The third-order valence-corrected chi connectivity index (χ3v) is 5.24. The van der Waals surface area contributed by atoms with Crippen molar-refractivity contribution in [1.29, 1.82) is 0 Å². The standard InChI is InChI=1S/C22H21N5O4/c28-22(14-29-16-4-6-19-20(13-16)31-15-30-19)27-11-9-26(10-12-27)21-7-5-18(24-25-21)17-3-1-2-8-23-17/h1-8,13H,9-12,14-15H2. The second-order valence-corrected chi connectivity index (χ2v) is 7.16. The first kappa shape index (κ1) is 19.1. The van der Waals surface area contributed by atoms with Crippen molar-refractivity contribution in [3.8, 4) is 28.6 Å². The third-order valence-electron chi connectivity index (χ3n) is 5.24. The van der Waals surface area contributed by atoms with Crippen molar-refractivity contribution in [2.45, 2.75) is 0 Å². The van der Waals surface area contributed by atoms with Gasteiger partial charge in [0.25, 0.3) is 5.91 Å². The fourth-order valence-electron chi connectivity index (χ4n) is 3.53. The van der Waals surface area contributed by atoms with Gasteiger partial charge in [-0.2, -0.15) is 0 Å². The van der Waals surface area contributed by atoms with Crippen LogP contribution < -0.4 is 19.1 Å². The van der Waals surface area contributed by atoms with Crippen molar-refractivity contribution in [3.63, 3.8) is 0 Å². The van der Waals surface area contributed by atoms with Crippen LogP contribution in [0.4, 0.5) is 5.82 Å². The van der Waals surface area contributed by atoms with Gasteiger partial charge in [0.2, 0.25) is 6.79 Å². The smallest absolute Gasteiger partial charge is 0.260 e. The molecule has 0 saturated carbocycles. The highest BCUT2D eigenvalue weighted by molar-refractivity contribution is 5.78. The highest BCUT2D eigenvalue weighted by Crippen LogP contribution is 2.35. The van der Waals surface area contributed by atoms with Crippen LogP contribution in [-0.4, -0.2) is 65.6 Å². The summed E-state index contributed by atoms with van der Waals surface area (Å²) >= 11 is 0. The van der Waals surface area contributed by atoms with Gasteiger partial charge < -0.3 is 24.0 Å². The van der Waals surface area contributed by atoms with Crippen LogP contribution in [0.25, 0.3) is 11.4 Å². The molecule has 3 aromatic rings. The molecule has 4 heterocycles. The SMILES string of the molecule is O=C(COc1ccc2c(c1)OCO2)N1CCN(c2ccc(-c3ccccn3)nn2)CC1. The molecule has 158 valence electrons. The van der Waals surface area contributed by atoms with E-state index in [0.717, 1.165) is 17.2 Å². The lowest BCUT2D eigenvalue weighted by atomic mass is 10.2. The number of amides is 1. The van der Waals surface area contributed by atoms with Crippen LogP contribution in [-0.2, 0) is 4.79 Å². The number of fused-ring (bicyclic) bond motifs is 1. The summed E-state index contributed by atoms with van der Waals surface area (Å²) in [5.74, 6) is 2.65. The number of anilines is 1. The van der Waals surface area contributed by atoms with E-state index in [-0.39, 0.29) is 19.3 Å². The van der Waals surface area contributed by atoms with Gasteiger partial charge in [0.05, 0.1) is 5.69 Å². The van der Waals surface area contributed by atoms with Crippen LogP contribution in [0.2, 0.25) is 0 Å². The van der Waals surface area contributed by atoms with E-state index in [0.29, 0.717) is 43.4 Å². The Hall–Kier alpha value is -3.88. The number of carbonyl (C=O) groups is 1. The molecule has 0 unspecified atom stereocenters. The van der Waals surface area contributed by atoms with E-state index in [1.165, 1.54) is 0 Å². The number of benzene rings is 1. The second-order valence-electron chi connectivity index (χ2n) is 7.16. The molecule has 0 spiro atoms. The lowest BCUT2D eigenvalue weighted by molar-refractivity contribution is -0.133. The molecule has 1 fully saturated rings. The van der Waals surface area contributed by atoms with Crippen molar-refractivity contribution in [2.24, 2.45) is 0 Å². The maximum atomic E-state index is 12.5. The summed E-state index contributed by atoms with van der Waals surface area (Å²) in [6, 6.07) is 14.8. The number of aromatic nitrogens is 3. The van der Waals surface area contributed by atoms with Gasteiger partial charge >= 0.3 is 0 Å². The maximum Gasteiger partial charge on any atom is 0.260 e. The van der Waals surface area contributed by atoms with Gasteiger partial charge in [-0.1, -0.05) is 6.07 Å². The average molecular weight is 419 g/mol. The highest BCUT2D eigenvalue weighted by Gasteiger charge is 2.23. The first-order valence-electron chi connectivity index (χ1n) is 10.1. The fourth-order valence-corrected chi connectivity index (χ4v) is 3.53. The molecule has 1 saturated heterocycles. The molecule has 0 N–H and O–H groups in total. The average Bonchev–Trinajstić information content (AvgIpc) is 3.31. The van der Waals surface area contributed by atoms with E-state index in [4.69, 9.17) is 14.2 Å². The number of carbonyl (C=O) groups excluding carboxylic acids is 1. The molecule has 9 heteroatoms. The number of hydrogen-bond donors (Lipinski definition) is 0. The lowest BCUT2D eigenvalue weighted by Gasteiger charge is -2.35. The molecular formula is C22H21N5O4. The summed E-state index contributed by atoms with van der Waals surface area (Å²) in [7, 11) is 0. The van der Waals surface area contributed by atoms with Crippen molar-refractivity contribution >= 4 is 11.7 Å². The van der Waals surface area contributed by atoms with Gasteiger partial charge in [0, 0.05) is 38.4 Å². The summed E-state index contributed by atoms with van der Waals surface area (Å²) in [4.78, 5) is 20.8. The molecule has 9 nitrogen and oxygen atoms in total. The summed E-state index contributed by atoms with van der Waals surface area (Å²) in [6.45, 7) is 2.78. The van der Waals surface area contributed by atoms with Crippen LogP contribution in [0.3, 0.4) is 0 Å². The van der Waals surface area contributed by atoms with Gasteiger partial charge in [-0.15, -0.1) is 10.2 Å². The minimum absolute atomic E-state index is 0.0157. The van der Waals surface area contributed by atoms with Crippen LogP contribution >= 0.6 is 0 Å². The number of piperazine rings is 1. The minimum atomic E-state index is -0.0473. The van der Waals surface area contributed by atoms with Gasteiger partial charge in [-0.25, -0.2) is 0 Å². The molecule has 0 bridgehead atoms. The van der Waals surface area contributed by atoms with Crippen molar-refractivity contribution in [3.05, 3.63) is 54.7 Å². The molecule has 2 aromatic heterocycles. The Morgan fingerprint density at radius 2 is 1.81 bits per heavy atom. The van der Waals surface area contributed by atoms with Crippen molar-refractivity contribution in [1.82, 2.24) is 20.1 Å². The molecule has 31 heavy (non-hydrogen) atoms. The first-order chi connectivity index (χ1) is 15.3. The van der Waals surface area contributed by atoms with E-state index in [2.05, 4.69) is 20.1 Å². The quantitative estimate of drug-likeness (QED) is 0.620. The van der Waals surface area contributed by atoms with E-state index in [1.54, 1.807) is 29.3 Å². The molecule has 5 rings (SSSR count). The summed E-state index contributed by atoms with van der Waals surface area (Å²) < 4.78 is 16.3. The number of hydrogen-bond acceptors (Lipinski definition) is 8. The molecule has 0 aliphatic carbocycles. The van der Waals surface area contributed by atoms with Crippen molar-refractivity contribution < 1.29 is 19.0 Å². The highest BCUT2D eigenvalue weighted by atomic mass is 16.7. The van der Waals surface area contributed by atoms with E-state index in [1.807, 2.05) is 30.3 Å². The topological polar surface area (TPSA) is 89.9 Å². The number of ether oxygens (including phenoxy) is 3. The molecule has 0 radical (unpaired) electrons. The Kier molecular flexibility index (Phi) is 5.22. The largest absolute Gasteiger partial charge is 0.484 e.